The van der Waals surface area contributed by atoms with E-state index in [2.05, 4.69) is 34.1 Å². The van der Waals surface area contributed by atoms with Gasteiger partial charge in [-0.1, -0.05) is 36.9 Å². The van der Waals surface area contributed by atoms with Crippen LogP contribution in [0, 0.1) is 0 Å². The number of fused-ring (bicyclic) bond motifs is 1. The monoisotopic (exact) mass is 489 g/mol. The highest BCUT2D eigenvalue weighted by Crippen LogP contribution is 2.33. The number of benzene rings is 2. The van der Waals surface area contributed by atoms with Gasteiger partial charge < -0.3 is 20.1 Å². The maximum Gasteiger partial charge on any atom is 0.320 e. The Labute approximate surface area is 210 Å². The molecule has 9 nitrogen and oxygen atoms in total. The van der Waals surface area contributed by atoms with Crippen LogP contribution in [-0.4, -0.2) is 58.6 Å². The van der Waals surface area contributed by atoms with Crippen molar-refractivity contribution < 1.29 is 19.1 Å². The second-order valence-corrected chi connectivity index (χ2v) is 9.35. The van der Waals surface area contributed by atoms with E-state index in [1.165, 1.54) is 12.4 Å². The molecule has 0 bridgehead atoms. The third-order valence-electron chi connectivity index (χ3n) is 5.85. The van der Waals surface area contributed by atoms with Gasteiger partial charge in [-0.2, -0.15) is 0 Å². The molecule has 4 rings (SSSR count). The van der Waals surface area contributed by atoms with E-state index in [0.29, 0.717) is 42.5 Å². The topological polar surface area (TPSA) is 106 Å². The quantitative estimate of drug-likeness (QED) is 0.344. The molecule has 1 atom stereocenters. The molecule has 1 amide bonds. The predicted octanol–water partition coefficient (Wildman–Crippen LogP) is 3.94. The van der Waals surface area contributed by atoms with Crippen LogP contribution in [0.1, 0.15) is 32.4 Å². The Balaban J connectivity index is 1.57. The zero-order chi connectivity index (χ0) is 25.7. The van der Waals surface area contributed by atoms with E-state index in [0.717, 1.165) is 10.9 Å². The summed E-state index contributed by atoms with van der Waals surface area (Å²) in [6.07, 6.45) is 2.70. The normalized spacial score (nSPS) is 16.1. The van der Waals surface area contributed by atoms with Gasteiger partial charge in [0.25, 0.3) is 0 Å². The number of carbonyl (C=O) groups excluding carboxylic acids is 2. The summed E-state index contributed by atoms with van der Waals surface area (Å²) >= 11 is 0. The highest BCUT2D eigenvalue weighted by Gasteiger charge is 2.32. The Morgan fingerprint density at radius 1 is 1.28 bits per heavy atom. The molecule has 36 heavy (non-hydrogen) atoms. The van der Waals surface area contributed by atoms with Crippen molar-refractivity contribution in [2.45, 2.75) is 32.4 Å². The van der Waals surface area contributed by atoms with E-state index in [-0.39, 0.29) is 24.5 Å². The van der Waals surface area contributed by atoms with Crippen LogP contribution in [-0.2, 0) is 14.3 Å². The van der Waals surface area contributed by atoms with Gasteiger partial charge in [0.05, 0.1) is 17.7 Å². The number of cyclic esters (lactones) is 1. The molecule has 1 aliphatic rings. The Kier molecular flexibility index (Phi) is 7.49. The number of aromatic nitrogens is 2. The van der Waals surface area contributed by atoms with Gasteiger partial charge in [-0.3, -0.25) is 14.5 Å². The van der Waals surface area contributed by atoms with Gasteiger partial charge in [-0.15, -0.1) is 0 Å². The Morgan fingerprint density at radius 3 is 2.78 bits per heavy atom. The van der Waals surface area contributed by atoms with Crippen LogP contribution in [0.4, 0.5) is 11.5 Å². The number of morpholine rings is 1. The first-order chi connectivity index (χ1) is 17.2. The van der Waals surface area contributed by atoms with E-state index < -0.39 is 5.60 Å². The van der Waals surface area contributed by atoms with Crippen LogP contribution in [0.3, 0.4) is 0 Å². The summed E-state index contributed by atoms with van der Waals surface area (Å²) in [6.45, 7) is 11.0. The number of nitrogens with zero attached hydrogens (tertiary/aromatic N) is 3. The Morgan fingerprint density at radius 2 is 2.06 bits per heavy atom. The smallest absolute Gasteiger partial charge is 0.320 e. The maximum atomic E-state index is 12.2. The zero-order valence-corrected chi connectivity index (χ0v) is 20.8. The summed E-state index contributed by atoms with van der Waals surface area (Å²) in [5, 5.41) is 7.00. The first-order valence-electron chi connectivity index (χ1n) is 11.8. The molecule has 0 saturated carbocycles. The average molecular weight is 490 g/mol. The number of nitrogens with one attached hydrogen (secondary N) is 2. The molecule has 1 aromatic heterocycles. The molecule has 9 heteroatoms. The van der Waals surface area contributed by atoms with Crippen LogP contribution < -0.4 is 15.4 Å². The lowest BCUT2D eigenvalue weighted by Crippen LogP contribution is -2.51. The second-order valence-electron chi connectivity index (χ2n) is 9.35. The molecule has 2 N–H and O–H groups in total. The Hall–Kier alpha value is -3.98. The number of ether oxygens (including phenoxy) is 2. The number of rotatable bonds is 9. The summed E-state index contributed by atoms with van der Waals surface area (Å²) in [6, 6.07) is 13.6. The molecule has 0 radical (unpaired) electrons. The number of hydrogen-bond donors (Lipinski definition) is 2. The van der Waals surface area contributed by atoms with Gasteiger partial charge in [0.15, 0.2) is 0 Å². The van der Waals surface area contributed by atoms with Gasteiger partial charge in [-0.25, -0.2) is 9.97 Å². The van der Waals surface area contributed by atoms with Crippen molar-refractivity contribution in [3.05, 3.63) is 67.0 Å². The maximum absolute atomic E-state index is 12.2. The second kappa shape index (κ2) is 10.7. The third-order valence-corrected chi connectivity index (χ3v) is 5.85. The van der Waals surface area contributed by atoms with Gasteiger partial charge in [0.1, 0.15) is 30.1 Å². The fourth-order valence-corrected chi connectivity index (χ4v) is 4.22. The lowest BCUT2D eigenvalue weighted by Gasteiger charge is -2.37. The molecule has 0 aliphatic carbocycles. The van der Waals surface area contributed by atoms with Crippen LogP contribution in [0.25, 0.3) is 10.9 Å². The molecule has 1 fully saturated rings. The molecule has 2 aromatic carbocycles. The Bertz CT molecular complexity index is 1260. The largest absolute Gasteiger partial charge is 0.490 e. The summed E-state index contributed by atoms with van der Waals surface area (Å²) in [5.74, 6) is 0.504. The minimum absolute atomic E-state index is 0.00641. The van der Waals surface area contributed by atoms with Gasteiger partial charge in [0.2, 0.25) is 5.91 Å². The SMILES string of the molecule is C=CC(=O)Nc1cc2c(NC(C)c3ccccc3)ncnc2cc1OCCN1CC(=O)OC(C)(C)C1. The summed E-state index contributed by atoms with van der Waals surface area (Å²) < 4.78 is 11.4. The molecule has 1 saturated heterocycles. The average Bonchev–Trinajstić information content (AvgIpc) is 2.84. The van der Waals surface area contributed by atoms with Crippen molar-refractivity contribution in [1.29, 1.82) is 0 Å². The van der Waals surface area contributed by atoms with Crippen LogP contribution in [0.5, 0.6) is 5.75 Å². The van der Waals surface area contributed by atoms with Crippen molar-refractivity contribution in [2.75, 3.05) is 36.9 Å². The summed E-state index contributed by atoms with van der Waals surface area (Å²) in [5.41, 5.74) is 1.73. The van der Waals surface area contributed by atoms with Gasteiger partial charge >= 0.3 is 5.97 Å². The third kappa shape index (κ3) is 6.17. The lowest BCUT2D eigenvalue weighted by atomic mass is 10.1. The van der Waals surface area contributed by atoms with E-state index in [1.54, 1.807) is 12.1 Å². The van der Waals surface area contributed by atoms with E-state index >= 15 is 0 Å². The zero-order valence-electron chi connectivity index (χ0n) is 20.8. The summed E-state index contributed by atoms with van der Waals surface area (Å²) in [4.78, 5) is 34.9. The fraction of sp³-hybridized carbons (Fsp3) is 0.333. The van der Waals surface area contributed by atoms with Gasteiger partial charge in [0, 0.05) is 30.6 Å². The van der Waals surface area contributed by atoms with Crippen LogP contribution in [0.15, 0.2) is 61.4 Å². The highest BCUT2D eigenvalue weighted by molar-refractivity contribution is 6.03. The van der Waals surface area contributed by atoms with Crippen LogP contribution >= 0.6 is 0 Å². The van der Waals surface area contributed by atoms with Crippen molar-refractivity contribution >= 4 is 34.3 Å². The number of amides is 1. The minimum Gasteiger partial charge on any atom is -0.490 e. The van der Waals surface area contributed by atoms with Crippen molar-refractivity contribution in [2.24, 2.45) is 0 Å². The lowest BCUT2D eigenvalue weighted by molar-refractivity contribution is -0.169. The highest BCUT2D eigenvalue weighted by atomic mass is 16.6. The fourth-order valence-electron chi connectivity index (χ4n) is 4.22. The number of carbonyl (C=O) groups is 2. The van der Waals surface area contributed by atoms with E-state index in [4.69, 9.17) is 9.47 Å². The first kappa shape index (κ1) is 25.1. The molecule has 2 heterocycles. The van der Waals surface area contributed by atoms with Gasteiger partial charge in [-0.05, 0) is 38.5 Å². The predicted molar refractivity (Wildman–Crippen MR) is 139 cm³/mol. The minimum atomic E-state index is -0.543. The molecule has 3 aromatic rings. The molecular weight excluding hydrogens is 458 g/mol. The first-order valence-corrected chi connectivity index (χ1v) is 11.8. The number of hydrogen-bond acceptors (Lipinski definition) is 8. The van der Waals surface area contributed by atoms with E-state index in [1.807, 2.05) is 49.1 Å². The molecule has 1 aliphatic heterocycles. The van der Waals surface area contributed by atoms with Crippen molar-refractivity contribution in [3.8, 4) is 5.75 Å². The van der Waals surface area contributed by atoms with Crippen LogP contribution in [0.2, 0.25) is 0 Å². The molecule has 1 unspecified atom stereocenters. The molecular formula is C27H31N5O4. The summed E-state index contributed by atoms with van der Waals surface area (Å²) in [7, 11) is 0. The molecule has 0 spiro atoms. The standard InChI is InChI=1S/C27H31N5O4/c1-5-24(33)31-22-13-20-21(28-17-29-26(20)30-18(2)19-9-7-6-8-10-19)14-23(22)35-12-11-32-15-25(34)36-27(3,4)16-32/h5-10,13-14,17-18H,1,11-12,15-16H2,2-4H3,(H,31,33)(H,28,29,30). The van der Waals surface area contributed by atoms with Crippen molar-refractivity contribution in [3.63, 3.8) is 0 Å². The van der Waals surface area contributed by atoms with Crippen molar-refractivity contribution in [1.82, 2.24) is 14.9 Å². The number of esters is 1. The number of anilines is 2. The van der Waals surface area contributed by atoms with E-state index in [9.17, 15) is 9.59 Å². The molecule has 188 valence electrons.